The van der Waals surface area contributed by atoms with Crippen LogP contribution in [0.15, 0.2) is 41.8 Å². The van der Waals surface area contributed by atoms with Gasteiger partial charge in [0.25, 0.3) is 0 Å². The van der Waals surface area contributed by atoms with Crippen LogP contribution in [-0.2, 0) is 0 Å². The van der Waals surface area contributed by atoms with Crippen LogP contribution < -0.4 is 0 Å². The second kappa shape index (κ2) is 4.94. The van der Waals surface area contributed by atoms with Gasteiger partial charge in [-0.15, -0.1) is 11.3 Å². The molecule has 12 heavy (non-hydrogen) atoms. The zero-order valence-corrected chi connectivity index (χ0v) is 8.34. The van der Waals surface area contributed by atoms with Crippen molar-refractivity contribution in [2.24, 2.45) is 5.92 Å². The van der Waals surface area contributed by atoms with Gasteiger partial charge in [-0.1, -0.05) is 37.3 Å². The van der Waals surface area contributed by atoms with E-state index in [0.717, 1.165) is 0 Å². The number of rotatable bonds is 0. The molecule has 0 nitrogen and oxygen atoms in total. The van der Waals surface area contributed by atoms with Gasteiger partial charge in [0.15, 0.2) is 0 Å². The van der Waals surface area contributed by atoms with E-state index in [0.29, 0.717) is 5.92 Å². The van der Waals surface area contributed by atoms with E-state index in [1.54, 1.807) is 11.3 Å². The Morgan fingerprint density at radius 1 is 1.25 bits per heavy atom. The molecule has 0 saturated carbocycles. The lowest BCUT2D eigenvalue weighted by Gasteiger charge is -1.84. The summed E-state index contributed by atoms with van der Waals surface area (Å²) in [6, 6.07) is 4.16. The lowest BCUT2D eigenvalue weighted by Crippen LogP contribution is -1.72. The first-order chi connectivity index (χ1) is 5.79. The Balaban J connectivity index is 0.000000120. The standard InChI is InChI=1S/C6H8.C5H6S/c1-6-4-2-3-5-6;1-5-3-2-4-6-5/h2-6H,1H3;2-4H,1H3. The highest BCUT2D eigenvalue weighted by molar-refractivity contribution is 7.09. The van der Waals surface area contributed by atoms with Gasteiger partial charge in [-0.05, 0) is 24.3 Å². The van der Waals surface area contributed by atoms with E-state index in [2.05, 4.69) is 55.7 Å². The average Bonchev–Trinajstić information content (AvgIpc) is 2.63. The van der Waals surface area contributed by atoms with Crippen LogP contribution in [0, 0.1) is 12.8 Å². The van der Waals surface area contributed by atoms with E-state index in [9.17, 15) is 0 Å². The van der Waals surface area contributed by atoms with Crippen molar-refractivity contribution in [3.63, 3.8) is 0 Å². The van der Waals surface area contributed by atoms with Gasteiger partial charge in [0.2, 0.25) is 0 Å². The maximum atomic E-state index is 2.17. The molecule has 0 fully saturated rings. The largest absolute Gasteiger partial charge is 0.149 e. The number of allylic oxidation sites excluding steroid dienone is 4. The second-order valence-corrected chi connectivity index (χ2v) is 4.00. The van der Waals surface area contributed by atoms with Gasteiger partial charge in [0, 0.05) is 4.88 Å². The summed E-state index contributed by atoms with van der Waals surface area (Å²) in [5.74, 6) is 0.685. The zero-order chi connectivity index (χ0) is 8.81. The van der Waals surface area contributed by atoms with Crippen LogP contribution in [-0.4, -0.2) is 0 Å². The van der Waals surface area contributed by atoms with Gasteiger partial charge in [-0.25, -0.2) is 0 Å². The van der Waals surface area contributed by atoms with Gasteiger partial charge in [0.05, 0.1) is 0 Å². The average molecular weight is 178 g/mol. The van der Waals surface area contributed by atoms with Crippen LogP contribution >= 0.6 is 11.3 Å². The molecule has 0 spiro atoms. The molecule has 0 aliphatic heterocycles. The van der Waals surface area contributed by atoms with Crippen molar-refractivity contribution in [2.45, 2.75) is 13.8 Å². The molecule has 0 atom stereocenters. The topological polar surface area (TPSA) is 0 Å². The summed E-state index contributed by atoms with van der Waals surface area (Å²) in [5.41, 5.74) is 0. The van der Waals surface area contributed by atoms with Crippen LogP contribution in [0.25, 0.3) is 0 Å². The summed E-state index contributed by atoms with van der Waals surface area (Å²) in [5, 5.41) is 2.08. The fourth-order valence-electron chi connectivity index (χ4n) is 0.904. The Kier molecular flexibility index (Phi) is 3.81. The molecule has 1 heterocycles. The third-order valence-electron chi connectivity index (χ3n) is 1.60. The molecular weight excluding hydrogens is 164 g/mol. The van der Waals surface area contributed by atoms with Crippen molar-refractivity contribution >= 4 is 11.3 Å². The number of thiophene rings is 1. The minimum absolute atomic E-state index is 0.685. The number of aryl methyl sites for hydroxylation is 1. The molecule has 0 unspecified atom stereocenters. The molecule has 0 radical (unpaired) electrons. The van der Waals surface area contributed by atoms with Crippen LogP contribution in [0.1, 0.15) is 11.8 Å². The van der Waals surface area contributed by atoms with Crippen molar-refractivity contribution in [3.05, 3.63) is 46.7 Å². The van der Waals surface area contributed by atoms with Crippen molar-refractivity contribution in [1.82, 2.24) is 0 Å². The van der Waals surface area contributed by atoms with Gasteiger partial charge in [-0.2, -0.15) is 0 Å². The first-order valence-corrected chi connectivity index (χ1v) is 5.02. The molecule has 0 aromatic carbocycles. The highest BCUT2D eigenvalue weighted by Crippen LogP contribution is 2.05. The van der Waals surface area contributed by atoms with E-state index in [-0.39, 0.29) is 0 Å². The van der Waals surface area contributed by atoms with E-state index < -0.39 is 0 Å². The van der Waals surface area contributed by atoms with E-state index >= 15 is 0 Å². The Bertz CT molecular complexity index is 243. The molecule has 0 amide bonds. The summed E-state index contributed by atoms with van der Waals surface area (Å²) >= 11 is 1.78. The Labute approximate surface area is 78.2 Å². The SMILES string of the molecule is CC1C=CC=C1.Cc1cccs1. The molecule has 0 N–H and O–H groups in total. The molecular formula is C11H14S. The van der Waals surface area contributed by atoms with E-state index in [1.165, 1.54) is 4.88 Å². The second-order valence-electron chi connectivity index (χ2n) is 2.85. The van der Waals surface area contributed by atoms with Crippen LogP contribution in [0.3, 0.4) is 0 Å². The third-order valence-corrected chi connectivity index (χ3v) is 2.40. The molecule has 0 saturated heterocycles. The van der Waals surface area contributed by atoms with E-state index in [4.69, 9.17) is 0 Å². The Morgan fingerprint density at radius 2 is 1.92 bits per heavy atom. The highest BCUT2D eigenvalue weighted by atomic mass is 32.1. The minimum atomic E-state index is 0.685. The molecule has 64 valence electrons. The third kappa shape index (κ3) is 3.54. The molecule has 1 heteroatoms. The lowest BCUT2D eigenvalue weighted by atomic mass is 10.2. The molecule has 2 rings (SSSR count). The van der Waals surface area contributed by atoms with Crippen LogP contribution in [0.2, 0.25) is 0 Å². The molecule has 1 aromatic heterocycles. The summed E-state index contributed by atoms with van der Waals surface area (Å²) in [7, 11) is 0. The number of hydrogen-bond acceptors (Lipinski definition) is 1. The maximum absolute atomic E-state index is 2.17. The zero-order valence-electron chi connectivity index (χ0n) is 7.53. The van der Waals surface area contributed by atoms with Crippen molar-refractivity contribution in [2.75, 3.05) is 0 Å². The molecule has 1 aliphatic carbocycles. The lowest BCUT2D eigenvalue weighted by molar-refractivity contribution is 0.958. The van der Waals surface area contributed by atoms with Crippen LogP contribution in [0.5, 0.6) is 0 Å². The quantitative estimate of drug-likeness (QED) is 0.567. The van der Waals surface area contributed by atoms with Gasteiger partial charge in [-0.3, -0.25) is 0 Å². The summed E-state index contributed by atoms with van der Waals surface area (Å²) in [6.45, 7) is 4.27. The van der Waals surface area contributed by atoms with Crippen LogP contribution in [0.4, 0.5) is 0 Å². The Hall–Kier alpha value is -0.820. The monoisotopic (exact) mass is 178 g/mol. The molecule has 1 aliphatic rings. The van der Waals surface area contributed by atoms with E-state index in [1.807, 2.05) is 0 Å². The smallest absolute Gasteiger partial charge is 0.00141 e. The maximum Gasteiger partial charge on any atom is 0.00141 e. The van der Waals surface area contributed by atoms with Crippen molar-refractivity contribution in [3.8, 4) is 0 Å². The Morgan fingerprint density at radius 3 is 2.08 bits per heavy atom. The summed E-state index contributed by atoms with van der Waals surface area (Å²) < 4.78 is 0. The van der Waals surface area contributed by atoms with Crippen molar-refractivity contribution < 1.29 is 0 Å². The van der Waals surface area contributed by atoms with Gasteiger partial charge in [0.1, 0.15) is 0 Å². The molecule has 0 bridgehead atoms. The summed E-state index contributed by atoms with van der Waals surface area (Å²) in [4.78, 5) is 1.38. The normalized spacial score (nSPS) is 14.5. The number of hydrogen-bond donors (Lipinski definition) is 0. The predicted octanol–water partition coefficient (Wildman–Crippen LogP) is 3.81. The molecule has 1 aromatic rings. The van der Waals surface area contributed by atoms with Gasteiger partial charge >= 0.3 is 0 Å². The first-order valence-electron chi connectivity index (χ1n) is 4.14. The summed E-state index contributed by atoms with van der Waals surface area (Å²) in [6.07, 6.45) is 8.48. The van der Waals surface area contributed by atoms with Crippen molar-refractivity contribution in [1.29, 1.82) is 0 Å². The fraction of sp³-hybridized carbons (Fsp3) is 0.273. The fourth-order valence-corrected chi connectivity index (χ4v) is 1.43. The highest BCUT2D eigenvalue weighted by Gasteiger charge is 1.89. The minimum Gasteiger partial charge on any atom is -0.149 e. The van der Waals surface area contributed by atoms with Gasteiger partial charge < -0.3 is 0 Å². The predicted molar refractivity (Wildman–Crippen MR) is 56.5 cm³/mol. The first kappa shape index (κ1) is 9.27.